The molecule has 1 fully saturated rings. The van der Waals surface area contributed by atoms with Gasteiger partial charge in [-0.1, -0.05) is 13.8 Å². The van der Waals surface area contributed by atoms with Gasteiger partial charge in [0.1, 0.15) is 5.76 Å². The standard InChI is InChI=1S/C15H21NO4/c1-14(2)11(6-7-15(14,3)13(18)19)12(17)16-9-10-5-4-8-20-10/h4-5,8,11H,6-7,9H2,1-3H3,(H,16,17)(H,18,19)/t11-,15+/m0/s1. The number of carboxylic acid groups (broad SMARTS) is 1. The summed E-state index contributed by atoms with van der Waals surface area (Å²) in [6.45, 7) is 5.80. The molecule has 110 valence electrons. The number of furan rings is 1. The van der Waals surface area contributed by atoms with Gasteiger partial charge in [0, 0.05) is 5.92 Å². The number of rotatable bonds is 4. The number of hydrogen-bond donors (Lipinski definition) is 2. The molecular weight excluding hydrogens is 258 g/mol. The molecule has 1 amide bonds. The predicted octanol–water partition coefficient (Wildman–Crippen LogP) is 2.42. The highest BCUT2D eigenvalue weighted by Crippen LogP contribution is 2.56. The van der Waals surface area contributed by atoms with Crippen LogP contribution in [0.5, 0.6) is 0 Å². The number of carboxylic acids is 1. The van der Waals surface area contributed by atoms with Crippen LogP contribution in [-0.2, 0) is 16.1 Å². The van der Waals surface area contributed by atoms with Crippen molar-refractivity contribution in [2.45, 2.75) is 40.2 Å². The Morgan fingerprint density at radius 1 is 1.45 bits per heavy atom. The predicted molar refractivity (Wildman–Crippen MR) is 72.8 cm³/mol. The Morgan fingerprint density at radius 2 is 2.15 bits per heavy atom. The zero-order valence-electron chi connectivity index (χ0n) is 12.1. The summed E-state index contributed by atoms with van der Waals surface area (Å²) in [6, 6.07) is 3.56. The normalized spacial score (nSPS) is 28.2. The van der Waals surface area contributed by atoms with Crippen LogP contribution >= 0.6 is 0 Å². The lowest BCUT2D eigenvalue weighted by Crippen LogP contribution is -2.45. The lowest BCUT2D eigenvalue weighted by molar-refractivity contribution is -0.155. The molecule has 1 aliphatic carbocycles. The highest BCUT2D eigenvalue weighted by molar-refractivity contribution is 5.83. The second kappa shape index (κ2) is 4.96. The molecule has 1 saturated carbocycles. The van der Waals surface area contributed by atoms with E-state index in [1.54, 1.807) is 25.3 Å². The van der Waals surface area contributed by atoms with Crippen LogP contribution in [-0.4, -0.2) is 17.0 Å². The summed E-state index contributed by atoms with van der Waals surface area (Å²) in [6.07, 6.45) is 2.68. The molecular formula is C15H21NO4. The van der Waals surface area contributed by atoms with Crippen molar-refractivity contribution in [1.82, 2.24) is 5.32 Å². The molecule has 2 N–H and O–H groups in total. The largest absolute Gasteiger partial charge is 0.481 e. The number of hydrogen-bond acceptors (Lipinski definition) is 3. The van der Waals surface area contributed by atoms with E-state index in [0.717, 1.165) is 0 Å². The van der Waals surface area contributed by atoms with Gasteiger partial charge in [0.05, 0.1) is 18.2 Å². The number of aliphatic carboxylic acids is 1. The summed E-state index contributed by atoms with van der Waals surface area (Å²) < 4.78 is 5.17. The first kappa shape index (κ1) is 14.6. The van der Waals surface area contributed by atoms with Crippen molar-refractivity contribution in [3.63, 3.8) is 0 Å². The van der Waals surface area contributed by atoms with Gasteiger partial charge in [-0.3, -0.25) is 9.59 Å². The minimum atomic E-state index is -0.861. The van der Waals surface area contributed by atoms with Crippen molar-refractivity contribution in [3.05, 3.63) is 24.2 Å². The highest BCUT2D eigenvalue weighted by Gasteiger charge is 2.58. The maximum Gasteiger partial charge on any atom is 0.309 e. The van der Waals surface area contributed by atoms with E-state index < -0.39 is 16.8 Å². The second-order valence-corrected chi connectivity index (χ2v) is 6.25. The molecule has 0 aliphatic heterocycles. The van der Waals surface area contributed by atoms with Crippen LogP contribution in [0, 0.1) is 16.7 Å². The van der Waals surface area contributed by atoms with Crippen LogP contribution in [0.25, 0.3) is 0 Å². The molecule has 0 radical (unpaired) electrons. The fourth-order valence-electron chi connectivity index (χ4n) is 3.05. The Morgan fingerprint density at radius 3 is 2.65 bits per heavy atom. The zero-order chi connectivity index (χ0) is 15.0. The van der Waals surface area contributed by atoms with Gasteiger partial charge in [0.25, 0.3) is 0 Å². The summed E-state index contributed by atoms with van der Waals surface area (Å²) in [5.74, 6) is -0.533. The number of nitrogens with one attached hydrogen (secondary N) is 1. The van der Waals surface area contributed by atoms with Gasteiger partial charge in [-0.2, -0.15) is 0 Å². The van der Waals surface area contributed by atoms with Crippen LogP contribution in [0.4, 0.5) is 0 Å². The molecule has 2 atom stereocenters. The van der Waals surface area contributed by atoms with Gasteiger partial charge in [0.2, 0.25) is 5.91 Å². The maximum absolute atomic E-state index is 12.3. The minimum absolute atomic E-state index is 0.101. The quantitative estimate of drug-likeness (QED) is 0.887. The number of amides is 1. The highest BCUT2D eigenvalue weighted by atomic mass is 16.4. The first-order valence-corrected chi connectivity index (χ1v) is 6.82. The molecule has 0 saturated heterocycles. The second-order valence-electron chi connectivity index (χ2n) is 6.25. The first-order chi connectivity index (χ1) is 9.29. The molecule has 0 spiro atoms. The monoisotopic (exact) mass is 279 g/mol. The van der Waals surface area contributed by atoms with Crippen molar-refractivity contribution in [3.8, 4) is 0 Å². The third-order valence-electron chi connectivity index (χ3n) is 5.03. The topological polar surface area (TPSA) is 79.5 Å². The van der Waals surface area contributed by atoms with Gasteiger partial charge in [-0.05, 0) is 37.3 Å². The van der Waals surface area contributed by atoms with Crippen molar-refractivity contribution in [2.75, 3.05) is 0 Å². The summed E-state index contributed by atoms with van der Waals surface area (Å²) in [5, 5.41) is 12.3. The lowest BCUT2D eigenvalue weighted by atomic mass is 9.65. The third-order valence-corrected chi connectivity index (χ3v) is 5.03. The summed E-state index contributed by atoms with van der Waals surface area (Å²) in [5.41, 5.74) is -1.44. The van der Waals surface area contributed by atoms with Gasteiger partial charge >= 0.3 is 5.97 Å². The minimum Gasteiger partial charge on any atom is -0.481 e. The average molecular weight is 279 g/mol. The Kier molecular flexibility index (Phi) is 3.63. The molecule has 1 aromatic heterocycles. The van der Waals surface area contributed by atoms with E-state index in [9.17, 15) is 14.7 Å². The molecule has 2 rings (SSSR count). The zero-order valence-corrected chi connectivity index (χ0v) is 12.1. The van der Waals surface area contributed by atoms with E-state index in [-0.39, 0.29) is 11.8 Å². The summed E-state index contributed by atoms with van der Waals surface area (Å²) in [4.78, 5) is 23.8. The van der Waals surface area contributed by atoms with E-state index >= 15 is 0 Å². The van der Waals surface area contributed by atoms with Crippen LogP contribution in [0.3, 0.4) is 0 Å². The first-order valence-electron chi connectivity index (χ1n) is 6.82. The van der Waals surface area contributed by atoms with Crippen molar-refractivity contribution < 1.29 is 19.1 Å². The van der Waals surface area contributed by atoms with Crippen molar-refractivity contribution in [2.24, 2.45) is 16.7 Å². The van der Waals surface area contributed by atoms with Gasteiger partial charge < -0.3 is 14.8 Å². The number of carbonyl (C=O) groups is 2. The van der Waals surface area contributed by atoms with Crippen LogP contribution in [0.15, 0.2) is 22.8 Å². The van der Waals surface area contributed by atoms with Crippen LogP contribution < -0.4 is 5.32 Å². The summed E-state index contributed by atoms with van der Waals surface area (Å²) >= 11 is 0. The smallest absolute Gasteiger partial charge is 0.309 e. The SMILES string of the molecule is CC1(C)[C@H](C(=O)NCc2ccco2)CC[C@]1(C)C(=O)O. The van der Waals surface area contributed by atoms with Crippen LogP contribution in [0.1, 0.15) is 39.4 Å². The van der Waals surface area contributed by atoms with Crippen molar-refractivity contribution in [1.29, 1.82) is 0 Å². The Balaban J connectivity index is 2.06. The summed E-state index contributed by atoms with van der Waals surface area (Å²) in [7, 11) is 0. The molecule has 5 nitrogen and oxygen atoms in total. The van der Waals surface area contributed by atoms with E-state index in [0.29, 0.717) is 25.1 Å². The van der Waals surface area contributed by atoms with E-state index in [1.165, 1.54) is 0 Å². The average Bonchev–Trinajstić information content (AvgIpc) is 2.95. The lowest BCUT2D eigenvalue weighted by Gasteiger charge is -2.37. The molecule has 0 aromatic carbocycles. The molecule has 20 heavy (non-hydrogen) atoms. The van der Waals surface area contributed by atoms with Gasteiger partial charge in [-0.15, -0.1) is 0 Å². The molecule has 5 heteroatoms. The molecule has 1 heterocycles. The van der Waals surface area contributed by atoms with Gasteiger partial charge in [0.15, 0.2) is 0 Å². The van der Waals surface area contributed by atoms with Crippen LogP contribution in [0.2, 0.25) is 0 Å². The number of carbonyl (C=O) groups excluding carboxylic acids is 1. The fraction of sp³-hybridized carbons (Fsp3) is 0.600. The van der Waals surface area contributed by atoms with Gasteiger partial charge in [-0.25, -0.2) is 0 Å². The Bertz CT molecular complexity index is 506. The maximum atomic E-state index is 12.3. The molecule has 0 bridgehead atoms. The van der Waals surface area contributed by atoms with E-state index in [4.69, 9.17) is 4.42 Å². The Hall–Kier alpha value is -1.78. The Labute approximate surface area is 118 Å². The molecule has 1 aromatic rings. The third kappa shape index (κ3) is 2.21. The molecule has 0 unspecified atom stereocenters. The van der Waals surface area contributed by atoms with E-state index in [1.807, 2.05) is 13.8 Å². The van der Waals surface area contributed by atoms with Crippen molar-refractivity contribution >= 4 is 11.9 Å². The fourth-order valence-corrected chi connectivity index (χ4v) is 3.05. The molecule has 1 aliphatic rings. The van der Waals surface area contributed by atoms with E-state index in [2.05, 4.69) is 5.32 Å².